The standard InChI is InChI=1S/C12H9Cl2N3O2/c1-19-9-3-2-7(13)4-8(9)12(18)17-11-6-15-5-10(14)16-11/h2-6H,1H3,(H,16,17,18). The zero-order chi connectivity index (χ0) is 13.8. The maximum atomic E-state index is 12.1. The summed E-state index contributed by atoms with van der Waals surface area (Å²) in [5.41, 5.74) is 0.303. The van der Waals surface area contributed by atoms with Gasteiger partial charge in [-0.1, -0.05) is 23.2 Å². The summed E-state index contributed by atoms with van der Waals surface area (Å²) in [7, 11) is 1.47. The summed E-state index contributed by atoms with van der Waals surface area (Å²) in [6.45, 7) is 0. The Morgan fingerprint density at radius 2 is 2.11 bits per heavy atom. The molecule has 1 aromatic heterocycles. The van der Waals surface area contributed by atoms with Crippen LogP contribution in [0.15, 0.2) is 30.6 Å². The molecule has 0 radical (unpaired) electrons. The van der Waals surface area contributed by atoms with Crippen LogP contribution in [0.4, 0.5) is 5.82 Å². The van der Waals surface area contributed by atoms with Gasteiger partial charge in [0.2, 0.25) is 0 Å². The predicted octanol–water partition coefficient (Wildman–Crippen LogP) is 3.04. The highest BCUT2D eigenvalue weighted by molar-refractivity contribution is 6.31. The highest BCUT2D eigenvalue weighted by Gasteiger charge is 2.13. The van der Waals surface area contributed by atoms with E-state index in [1.54, 1.807) is 12.1 Å². The molecule has 0 aliphatic rings. The predicted molar refractivity (Wildman–Crippen MR) is 73.0 cm³/mol. The second-order valence-corrected chi connectivity index (χ2v) is 4.35. The van der Waals surface area contributed by atoms with Crippen LogP contribution in [0.3, 0.4) is 0 Å². The van der Waals surface area contributed by atoms with Gasteiger partial charge in [0.1, 0.15) is 10.9 Å². The number of ether oxygens (including phenoxy) is 1. The summed E-state index contributed by atoms with van der Waals surface area (Å²) in [5, 5.41) is 3.19. The molecule has 0 unspecified atom stereocenters. The molecule has 7 heteroatoms. The third-order valence-corrected chi connectivity index (χ3v) is 2.67. The van der Waals surface area contributed by atoms with E-state index in [2.05, 4.69) is 15.3 Å². The van der Waals surface area contributed by atoms with E-state index < -0.39 is 5.91 Å². The van der Waals surface area contributed by atoms with Crippen LogP contribution in [0.25, 0.3) is 0 Å². The second-order valence-electron chi connectivity index (χ2n) is 3.53. The van der Waals surface area contributed by atoms with E-state index in [4.69, 9.17) is 27.9 Å². The molecule has 0 spiro atoms. The molecule has 0 aliphatic carbocycles. The van der Waals surface area contributed by atoms with E-state index in [0.717, 1.165) is 0 Å². The van der Waals surface area contributed by atoms with Gasteiger partial charge in [0.25, 0.3) is 5.91 Å². The lowest BCUT2D eigenvalue weighted by atomic mass is 10.2. The molecule has 1 N–H and O–H groups in total. The molecule has 19 heavy (non-hydrogen) atoms. The van der Waals surface area contributed by atoms with Crippen molar-refractivity contribution in [2.45, 2.75) is 0 Å². The SMILES string of the molecule is COc1ccc(Cl)cc1C(=O)Nc1cncc(Cl)n1. The number of halogens is 2. The molecule has 0 atom stereocenters. The molecule has 0 fully saturated rings. The van der Waals surface area contributed by atoms with Crippen LogP contribution in [-0.2, 0) is 0 Å². The van der Waals surface area contributed by atoms with E-state index >= 15 is 0 Å². The molecule has 2 rings (SSSR count). The number of rotatable bonds is 3. The number of nitrogens with zero attached hydrogens (tertiary/aromatic N) is 2. The number of nitrogens with one attached hydrogen (secondary N) is 1. The average molecular weight is 298 g/mol. The van der Waals surface area contributed by atoms with E-state index in [1.165, 1.54) is 25.6 Å². The molecule has 1 heterocycles. The number of anilines is 1. The third-order valence-electron chi connectivity index (χ3n) is 2.25. The number of aromatic nitrogens is 2. The fourth-order valence-electron chi connectivity index (χ4n) is 1.44. The summed E-state index contributed by atoms with van der Waals surface area (Å²) in [6, 6.07) is 4.75. The van der Waals surface area contributed by atoms with Gasteiger partial charge in [-0.2, -0.15) is 0 Å². The van der Waals surface area contributed by atoms with Crippen molar-refractivity contribution in [2.24, 2.45) is 0 Å². The van der Waals surface area contributed by atoms with Crippen LogP contribution in [-0.4, -0.2) is 23.0 Å². The van der Waals surface area contributed by atoms with Crippen molar-refractivity contribution in [3.8, 4) is 5.75 Å². The largest absolute Gasteiger partial charge is 0.496 e. The quantitative estimate of drug-likeness (QED) is 0.946. The first kappa shape index (κ1) is 13.6. The van der Waals surface area contributed by atoms with Gasteiger partial charge in [0, 0.05) is 5.02 Å². The Hall–Kier alpha value is -1.85. The van der Waals surface area contributed by atoms with Crippen LogP contribution in [0, 0.1) is 0 Å². The number of methoxy groups -OCH3 is 1. The molecule has 0 saturated carbocycles. The number of hydrogen-bond donors (Lipinski definition) is 1. The molecule has 0 bridgehead atoms. The molecule has 1 aromatic carbocycles. The normalized spacial score (nSPS) is 10.1. The molecule has 2 aromatic rings. The topological polar surface area (TPSA) is 64.1 Å². The van der Waals surface area contributed by atoms with Gasteiger partial charge in [-0.3, -0.25) is 9.78 Å². The summed E-state index contributed by atoms with van der Waals surface area (Å²) in [4.78, 5) is 19.8. The van der Waals surface area contributed by atoms with Crippen molar-refractivity contribution in [1.29, 1.82) is 0 Å². The molecular formula is C12H9Cl2N3O2. The van der Waals surface area contributed by atoms with Gasteiger partial charge >= 0.3 is 0 Å². The fourth-order valence-corrected chi connectivity index (χ4v) is 1.76. The fraction of sp³-hybridized carbons (Fsp3) is 0.0833. The number of amides is 1. The van der Waals surface area contributed by atoms with E-state index in [1.807, 2.05) is 0 Å². The molecule has 98 valence electrons. The van der Waals surface area contributed by atoms with Crippen molar-refractivity contribution in [2.75, 3.05) is 12.4 Å². The number of hydrogen-bond acceptors (Lipinski definition) is 4. The lowest BCUT2D eigenvalue weighted by Gasteiger charge is -2.09. The first-order chi connectivity index (χ1) is 9.10. The Morgan fingerprint density at radius 1 is 1.32 bits per heavy atom. The highest BCUT2D eigenvalue weighted by Crippen LogP contribution is 2.23. The summed E-state index contributed by atoms with van der Waals surface area (Å²) >= 11 is 11.5. The first-order valence-electron chi connectivity index (χ1n) is 5.22. The Morgan fingerprint density at radius 3 is 2.79 bits per heavy atom. The van der Waals surface area contributed by atoms with Gasteiger partial charge in [0.05, 0.1) is 25.1 Å². The van der Waals surface area contributed by atoms with Gasteiger partial charge in [-0.05, 0) is 18.2 Å². The highest BCUT2D eigenvalue weighted by atomic mass is 35.5. The van der Waals surface area contributed by atoms with E-state index in [9.17, 15) is 4.79 Å². The molecule has 0 aliphatic heterocycles. The third kappa shape index (κ3) is 3.33. The molecule has 5 nitrogen and oxygen atoms in total. The average Bonchev–Trinajstić information content (AvgIpc) is 2.38. The lowest BCUT2D eigenvalue weighted by molar-refractivity contribution is 0.102. The van der Waals surface area contributed by atoms with Crippen LogP contribution in [0.2, 0.25) is 10.2 Å². The van der Waals surface area contributed by atoms with Gasteiger partial charge in [-0.15, -0.1) is 0 Å². The second kappa shape index (κ2) is 5.86. The minimum atomic E-state index is -0.407. The van der Waals surface area contributed by atoms with Crippen molar-refractivity contribution in [3.63, 3.8) is 0 Å². The Labute approximate surface area is 119 Å². The van der Waals surface area contributed by atoms with Crippen LogP contribution in [0.1, 0.15) is 10.4 Å². The zero-order valence-electron chi connectivity index (χ0n) is 9.85. The summed E-state index contributed by atoms with van der Waals surface area (Å²) < 4.78 is 5.10. The Bertz CT molecular complexity index is 620. The summed E-state index contributed by atoms with van der Waals surface area (Å²) in [5.74, 6) is 0.257. The number of carbonyl (C=O) groups is 1. The maximum Gasteiger partial charge on any atom is 0.260 e. The molecular weight excluding hydrogens is 289 g/mol. The number of carbonyl (C=O) groups excluding carboxylic acids is 1. The lowest BCUT2D eigenvalue weighted by Crippen LogP contribution is -2.14. The van der Waals surface area contributed by atoms with Crippen LogP contribution >= 0.6 is 23.2 Å². The first-order valence-corrected chi connectivity index (χ1v) is 5.98. The van der Waals surface area contributed by atoms with Gasteiger partial charge < -0.3 is 10.1 Å². The molecule has 0 saturated heterocycles. The number of benzene rings is 1. The Balaban J connectivity index is 2.27. The monoisotopic (exact) mass is 297 g/mol. The molecule has 1 amide bonds. The smallest absolute Gasteiger partial charge is 0.260 e. The minimum absolute atomic E-state index is 0.191. The van der Waals surface area contributed by atoms with Crippen LogP contribution < -0.4 is 10.1 Å². The van der Waals surface area contributed by atoms with Gasteiger partial charge in [0.15, 0.2) is 5.82 Å². The minimum Gasteiger partial charge on any atom is -0.496 e. The van der Waals surface area contributed by atoms with E-state index in [0.29, 0.717) is 16.3 Å². The maximum absolute atomic E-state index is 12.1. The zero-order valence-corrected chi connectivity index (χ0v) is 11.4. The van der Waals surface area contributed by atoms with E-state index in [-0.39, 0.29) is 11.0 Å². The summed E-state index contributed by atoms with van der Waals surface area (Å²) in [6.07, 6.45) is 2.76. The Kier molecular flexibility index (Phi) is 4.19. The van der Waals surface area contributed by atoms with Crippen molar-refractivity contribution in [3.05, 3.63) is 46.3 Å². The van der Waals surface area contributed by atoms with Crippen molar-refractivity contribution >= 4 is 34.9 Å². The van der Waals surface area contributed by atoms with Crippen molar-refractivity contribution < 1.29 is 9.53 Å². The van der Waals surface area contributed by atoms with Crippen molar-refractivity contribution in [1.82, 2.24) is 9.97 Å². The van der Waals surface area contributed by atoms with Crippen LogP contribution in [0.5, 0.6) is 5.75 Å². The van der Waals surface area contributed by atoms with Gasteiger partial charge in [-0.25, -0.2) is 4.98 Å².